The van der Waals surface area contributed by atoms with Gasteiger partial charge < -0.3 is 10.0 Å². The molecule has 1 fully saturated rings. The van der Waals surface area contributed by atoms with E-state index in [2.05, 4.69) is 0 Å². The molecule has 1 N–H and O–H groups in total. The maximum absolute atomic E-state index is 13.2. The molecule has 2 aromatic rings. The Balaban J connectivity index is 1.68. The van der Waals surface area contributed by atoms with Crippen LogP contribution in [0, 0.1) is 5.82 Å². The van der Waals surface area contributed by atoms with E-state index in [0.29, 0.717) is 18.5 Å². The molecule has 1 aliphatic rings. The van der Waals surface area contributed by atoms with Gasteiger partial charge in [0.25, 0.3) is 0 Å². The van der Waals surface area contributed by atoms with Crippen molar-refractivity contribution >= 4 is 5.91 Å². The van der Waals surface area contributed by atoms with Crippen LogP contribution in [0.15, 0.2) is 54.6 Å². The molecule has 1 saturated heterocycles. The number of carbonyl (C=O) groups excluding carboxylic acids is 1. The second kappa shape index (κ2) is 5.89. The molecule has 1 atom stereocenters. The SMILES string of the molecule is O=C(Cc1cccc(F)c1)N1CC[C@@](O)(c2ccccc2)C1. The van der Waals surface area contributed by atoms with Crippen LogP contribution in [-0.4, -0.2) is 29.0 Å². The van der Waals surface area contributed by atoms with Crippen molar-refractivity contribution in [2.45, 2.75) is 18.4 Å². The Morgan fingerprint density at radius 1 is 1.18 bits per heavy atom. The van der Waals surface area contributed by atoms with Crippen LogP contribution in [-0.2, 0) is 16.8 Å². The minimum Gasteiger partial charge on any atom is -0.383 e. The number of amides is 1. The number of hydrogen-bond donors (Lipinski definition) is 1. The molecule has 1 heterocycles. The van der Waals surface area contributed by atoms with Gasteiger partial charge in [0, 0.05) is 6.54 Å². The van der Waals surface area contributed by atoms with Crippen molar-refractivity contribution in [2.75, 3.05) is 13.1 Å². The summed E-state index contributed by atoms with van der Waals surface area (Å²) < 4.78 is 13.2. The molecule has 1 amide bonds. The highest BCUT2D eigenvalue weighted by Crippen LogP contribution is 2.32. The third kappa shape index (κ3) is 3.02. The Hall–Kier alpha value is -2.20. The smallest absolute Gasteiger partial charge is 0.227 e. The van der Waals surface area contributed by atoms with Crippen LogP contribution in [0.1, 0.15) is 17.5 Å². The third-order valence-corrected chi connectivity index (χ3v) is 4.16. The van der Waals surface area contributed by atoms with Crippen LogP contribution in [0.5, 0.6) is 0 Å². The first kappa shape index (κ1) is 14.7. The number of halogens is 1. The van der Waals surface area contributed by atoms with E-state index < -0.39 is 5.60 Å². The van der Waals surface area contributed by atoms with E-state index in [9.17, 15) is 14.3 Å². The van der Waals surface area contributed by atoms with E-state index in [1.54, 1.807) is 17.0 Å². The predicted octanol–water partition coefficient (Wildman–Crippen LogP) is 2.49. The molecule has 0 radical (unpaired) electrons. The van der Waals surface area contributed by atoms with Crippen LogP contribution in [0.2, 0.25) is 0 Å². The number of aliphatic hydroxyl groups is 1. The first-order valence-corrected chi connectivity index (χ1v) is 7.37. The lowest BCUT2D eigenvalue weighted by atomic mass is 9.93. The minimum absolute atomic E-state index is 0.0857. The quantitative estimate of drug-likeness (QED) is 0.946. The third-order valence-electron chi connectivity index (χ3n) is 4.16. The van der Waals surface area contributed by atoms with Gasteiger partial charge in [0.05, 0.1) is 13.0 Å². The molecule has 0 saturated carbocycles. The van der Waals surface area contributed by atoms with Crippen molar-refractivity contribution in [1.82, 2.24) is 4.90 Å². The molecule has 0 aromatic heterocycles. The van der Waals surface area contributed by atoms with E-state index in [1.807, 2.05) is 30.3 Å². The van der Waals surface area contributed by atoms with Crippen molar-refractivity contribution < 1.29 is 14.3 Å². The fourth-order valence-corrected chi connectivity index (χ4v) is 2.92. The Bertz CT molecular complexity index is 674. The average Bonchev–Trinajstić information content (AvgIpc) is 2.92. The Labute approximate surface area is 129 Å². The maximum Gasteiger partial charge on any atom is 0.227 e. The summed E-state index contributed by atoms with van der Waals surface area (Å²) in [7, 11) is 0. The van der Waals surface area contributed by atoms with Gasteiger partial charge in [-0.15, -0.1) is 0 Å². The van der Waals surface area contributed by atoms with E-state index in [-0.39, 0.29) is 24.7 Å². The molecule has 22 heavy (non-hydrogen) atoms. The van der Waals surface area contributed by atoms with Crippen molar-refractivity contribution in [3.05, 3.63) is 71.5 Å². The van der Waals surface area contributed by atoms with E-state index in [4.69, 9.17) is 0 Å². The molecule has 0 unspecified atom stereocenters. The molecule has 4 heteroatoms. The van der Waals surface area contributed by atoms with E-state index >= 15 is 0 Å². The first-order chi connectivity index (χ1) is 10.6. The van der Waals surface area contributed by atoms with Gasteiger partial charge in [0.15, 0.2) is 0 Å². The molecular formula is C18H18FNO2. The zero-order chi connectivity index (χ0) is 15.6. The van der Waals surface area contributed by atoms with Crippen molar-refractivity contribution in [3.63, 3.8) is 0 Å². The number of hydrogen-bond acceptors (Lipinski definition) is 2. The molecule has 1 aliphatic heterocycles. The lowest BCUT2D eigenvalue weighted by molar-refractivity contribution is -0.130. The van der Waals surface area contributed by atoms with Gasteiger partial charge in [-0.3, -0.25) is 4.79 Å². The van der Waals surface area contributed by atoms with Crippen LogP contribution in [0.25, 0.3) is 0 Å². The van der Waals surface area contributed by atoms with Crippen LogP contribution >= 0.6 is 0 Å². The van der Waals surface area contributed by atoms with Crippen LogP contribution < -0.4 is 0 Å². The van der Waals surface area contributed by atoms with Crippen LogP contribution in [0.4, 0.5) is 4.39 Å². The summed E-state index contributed by atoms with van der Waals surface area (Å²) >= 11 is 0. The highest BCUT2D eigenvalue weighted by atomic mass is 19.1. The monoisotopic (exact) mass is 299 g/mol. The highest BCUT2D eigenvalue weighted by molar-refractivity contribution is 5.79. The summed E-state index contributed by atoms with van der Waals surface area (Å²) in [6.45, 7) is 0.796. The number of rotatable bonds is 3. The van der Waals surface area contributed by atoms with Crippen LogP contribution in [0.3, 0.4) is 0 Å². The summed E-state index contributed by atoms with van der Waals surface area (Å²) in [5.41, 5.74) is 0.495. The normalized spacial score (nSPS) is 21.1. The summed E-state index contributed by atoms with van der Waals surface area (Å²) in [4.78, 5) is 14.0. The molecule has 3 nitrogen and oxygen atoms in total. The van der Waals surface area contributed by atoms with E-state index in [1.165, 1.54) is 12.1 Å². The predicted molar refractivity (Wildman–Crippen MR) is 81.6 cm³/mol. The highest BCUT2D eigenvalue weighted by Gasteiger charge is 2.39. The standard InChI is InChI=1S/C18H18FNO2/c19-16-8-4-5-14(11-16)12-17(21)20-10-9-18(22,13-20)15-6-2-1-3-7-15/h1-8,11,22H,9-10,12-13H2/t18-/m0/s1. The lowest BCUT2D eigenvalue weighted by Crippen LogP contribution is -2.35. The number of carbonyl (C=O) groups is 1. The van der Waals surface area contributed by atoms with Gasteiger partial charge in [-0.05, 0) is 29.7 Å². The van der Waals surface area contributed by atoms with Crippen molar-refractivity contribution in [2.24, 2.45) is 0 Å². The maximum atomic E-state index is 13.2. The first-order valence-electron chi connectivity index (χ1n) is 7.37. The molecule has 2 aromatic carbocycles. The molecular weight excluding hydrogens is 281 g/mol. The fraction of sp³-hybridized carbons (Fsp3) is 0.278. The fourth-order valence-electron chi connectivity index (χ4n) is 2.92. The summed E-state index contributed by atoms with van der Waals surface area (Å²) in [5.74, 6) is -0.426. The number of nitrogens with zero attached hydrogens (tertiary/aromatic N) is 1. The van der Waals surface area contributed by atoms with Crippen molar-refractivity contribution in [3.8, 4) is 0 Å². The van der Waals surface area contributed by atoms with Gasteiger partial charge >= 0.3 is 0 Å². The number of benzene rings is 2. The van der Waals surface area contributed by atoms with E-state index in [0.717, 1.165) is 5.56 Å². The molecule has 0 aliphatic carbocycles. The average molecular weight is 299 g/mol. The summed E-state index contributed by atoms with van der Waals surface area (Å²) in [6, 6.07) is 15.5. The molecule has 0 bridgehead atoms. The topological polar surface area (TPSA) is 40.5 Å². The van der Waals surface area contributed by atoms with Gasteiger partial charge in [-0.25, -0.2) is 4.39 Å². The Kier molecular flexibility index (Phi) is 3.94. The molecule has 0 spiro atoms. The summed E-state index contributed by atoms with van der Waals surface area (Å²) in [6.07, 6.45) is 0.675. The molecule has 3 rings (SSSR count). The second-order valence-electron chi connectivity index (χ2n) is 5.77. The van der Waals surface area contributed by atoms with Gasteiger partial charge in [0.2, 0.25) is 5.91 Å². The number of β-amino-alcohol motifs (C(OH)–C–C–N with tert-alkyl or cyclic N) is 1. The van der Waals surface area contributed by atoms with Gasteiger partial charge in [-0.1, -0.05) is 42.5 Å². The van der Waals surface area contributed by atoms with Gasteiger partial charge in [0.1, 0.15) is 11.4 Å². The Morgan fingerprint density at radius 2 is 1.95 bits per heavy atom. The van der Waals surface area contributed by atoms with Crippen molar-refractivity contribution in [1.29, 1.82) is 0 Å². The second-order valence-corrected chi connectivity index (χ2v) is 5.77. The zero-order valence-corrected chi connectivity index (χ0v) is 12.2. The summed E-state index contributed by atoms with van der Waals surface area (Å²) in [5, 5.41) is 10.7. The minimum atomic E-state index is -0.987. The zero-order valence-electron chi connectivity index (χ0n) is 12.2. The molecule has 114 valence electrons. The number of likely N-dealkylation sites (tertiary alicyclic amines) is 1. The van der Waals surface area contributed by atoms with Gasteiger partial charge in [-0.2, -0.15) is 0 Å². The largest absolute Gasteiger partial charge is 0.383 e. The lowest BCUT2D eigenvalue weighted by Gasteiger charge is -2.24. The Morgan fingerprint density at radius 3 is 2.68 bits per heavy atom.